The highest BCUT2D eigenvalue weighted by Crippen LogP contribution is 2.27. The molecule has 156 valence electrons. The van der Waals surface area contributed by atoms with Crippen molar-refractivity contribution in [2.75, 3.05) is 32.8 Å². The number of hydrogen-bond acceptors (Lipinski definition) is 4. The lowest BCUT2D eigenvalue weighted by Gasteiger charge is -2.35. The molecule has 0 bridgehead atoms. The van der Waals surface area contributed by atoms with Crippen molar-refractivity contribution in [2.24, 2.45) is 5.92 Å². The van der Waals surface area contributed by atoms with Crippen LogP contribution in [0.5, 0.6) is 0 Å². The predicted molar refractivity (Wildman–Crippen MR) is 114 cm³/mol. The quantitative estimate of drug-likeness (QED) is 0.782. The fraction of sp³-hybridized carbons (Fsp3) is 0.565. The summed E-state index contributed by atoms with van der Waals surface area (Å²) >= 11 is 0. The third-order valence-electron chi connectivity index (χ3n) is 5.95. The summed E-state index contributed by atoms with van der Waals surface area (Å²) in [7, 11) is 0. The van der Waals surface area contributed by atoms with E-state index >= 15 is 0 Å². The first-order valence-corrected chi connectivity index (χ1v) is 10.9. The molecular formula is C23H32N4O2. The zero-order chi connectivity index (χ0) is 20.2. The summed E-state index contributed by atoms with van der Waals surface area (Å²) in [6, 6.07) is 10.5. The molecule has 0 saturated carbocycles. The zero-order valence-electron chi connectivity index (χ0n) is 17.6. The number of carbonyl (C=O) groups is 1. The van der Waals surface area contributed by atoms with Gasteiger partial charge in [0.1, 0.15) is 0 Å². The van der Waals surface area contributed by atoms with Gasteiger partial charge < -0.3 is 10.1 Å². The van der Waals surface area contributed by atoms with Crippen LogP contribution in [0, 0.1) is 5.92 Å². The van der Waals surface area contributed by atoms with Gasteiger partial charge in [-0.05, 0) is 43.7 Å². The molecule has 0 spiro atoms. The second-order valence-electron chi connectivity index (χ2n) is 8.52. The molecule has 2 heterocycles. The van der Waals surface area contributed by atoms with Crippen molar-refractivity contribution in [1.82, 2.24) is 20.0 Å². The number of para-hydroxylation sites is 1. The molecule has 1 saturated heterocycles. The molecule has 0 radical (unpaired) electrons. The maximum atomic E-state index is 13.1. The average Bonchev–Trinajstić information content (AvgIpc) is 3.35. The molecule has 4 rings (SSSR count). The number of amides is 1. The van der Waals surface area contributed by atoms with E-state index in [2.05, 4.69) is 24.1 Å². The number of aromatic nitrogens is 2. The van der Waals surface area contributed by atoms with Gasteiger partial charge in [-0.2, -0.15) is 5.10 Å². The Morgan fingerprint density at radius 2 is 1.93 bits per heavy atom. The topological polar surface area (TPSA) is 59.4 Å². The van der Waals surface area contributed by atoms with Crippen molar-refractivity contribution in [3.05, 3.63) is 47.3 Å². The Balaban J connectivity index is 1.49. The number of carbonyl (C=O) groups excluding carboxylic acids is 1. The molecule has 1 aromatic carbocycles. The molecule has 1 aliphatic heterocycles. The van der Waals surface area contributed by atoms with Crippen LogP contribution in [0.4, 0.5) is 0 Å². The Morgan fingerprint density at radius 1 is 1.17 bits per heavy atom. The number of ether oxygens (including phenoxy) is 1. The van der Waals surface area contributed by atoms with E-state index in [4.69, 9.17) is 9.84 Å². The number of nitrogens with zero attached hydrogens (tertiary/aromatic N) is 3. The Morgan fingerprint density at radius 3 is 2.66 bits per heavy atom. The van der Waals surface area contributed by atoms with Crippen molar-refractivity contribution in [2.45, 2.75) is 45.6 Å². The largest absolute Gasteiger partial charge is 0.379 e. The van der Waals surface area contributed by atoms with Gasteiger partial charge in [-0.3, -0.25) is 9.69 Å². The summed E-state index contributed by atoms with van der Waals surface area (Å²) in [5.41, 5.74) is 3.94. The van der Waals surface area contributed by atoms with Gasteiger partial charge in [0, 0.05) is 36.9 Å². The van der Waals surface area contributed by atoms with Crippen LogP contribution in [0.2, 0.25) is 0 Å². The summed E-state index contributed by atoms with van der Waals surface area (Å²) < 4.78 is 7.47. The minimum Gasteiger partial charge on any atom is -0.379 e. The van der Waals surface area contributed by atoms with Gasteiger partial charge in [0.15, 0.2) is 5.69 Å². The maximum Gasteiger partial charge on any atom is 0.272 e. The minimum absolute atomic E-state index is 0.0418. The van der Waals surface area contributed by atoms with Crippen LogP contribution in [0.3, 0.4) is 0 Å². The van der Waals surface area contributed by atoms with Gasteiger partial charge in [0.2, 0.25) is 0 Å². The summed E-state index contributed by atoms with van der Waals surface area (Å²) in [4.78, 5) is 15.5. The van der Waals surface area contributed by atoms with Crippen LogP contribution < -0.4 is 5.32 Å². The van der Waals surface area contributed by atoms with Gasteiger partial charge in [-0.15, -0.1) is 0 Å². The number of rotatable bonds is 7. The lowest BCUT2D eigenvalue weighted by Crippen LogP contribution is -2.49. The highest BCUT2D eigenvalue weighted by molar-refractivity contribution is 5.94. The lowest BCUT2D eigenvalue weighted by atomic mass is 10.0. The average molecular weight is 397 g/mol. The summed E-state index contributed by atoms with van der Waals surface area (Å²) in [5.74, 6) is 0.543. The van der Waals surface area contributed by atoms with Gasteiger partial charge in [0.25, 0.3) is 5.91 Å². The maximum absolute atomic E-state index is 13.1. The Bertz CT molecular complexity index is 825. The smallest absolute Gasteiger partial charge is 0.272 e. The number of hydrogen-bond donors (Lipinski definition) is 1. The minimum atomic E-state index is -0.0418. The zero-order valence-corrected chi connectivity index (χ0v) is 17.6. The standard InChI is InChI=1S/C23H32N4O2/c1-17(2)15-19(26-11-13-29-14-12-26)16-24-23(28)22-20-9-6-10-21(20)27(25-22)18-7-4-3-5-8-18/h3-5,7-8,17,19H,6,9-16H2,1-2H3,(H,24,28)/t19-/m0/s1. The molecule has 1 atom stereocenters. The first kappa shape index (κ1) is 20.1. The summed E-state index contributed by atoms with van der Waals surface area (Å²) in [6.45, 7) is 8.56. The van der Waals surface area contributed by atoms with E-state index in [1.807, 2.05) is 35.0 Å². The molecule has 1 fully saturated rings. The van der Waals surface area contributed by atoms with Crippen LogP contribution in [0.25, 0.3) is 5.69 Å². The van der Waals surface area contributed by atoms with Crippen LogP contribution in [0.15, 0.2) is 30.3 Å². The van der Waals surface area contributed by atoms with E-state index in [0.29, 0.717) is 24.2 Å². The van der Waals surface area contributed by atoms with Crippen molar-refractivity contribution < 1.29 is 9.53 Å². The van der Waals surface area contributed by atoms with Crippen molar-refractivity contribution in [3.63, 3.8) is 0 Å². The fourth-order valence-electron chi connectivity index (χ4n) is 4.55. The Hall–Kier alpha value is -2.18. The van der Waals surface area contributed by atoms with Crippen LogP contribution in [-0.2, 0) is 17.6 Å². The Kier molecular flexibility index (Phi) is 6.31. The van der Waals surface area contributed by atoms with Crippen molar-refractivity contribution in [1.29, 1.82) is 0 Å². The number of benzene rings is 1. The Labute approximate surface area is 173 Å². The van der Waals surface area contributed by atoms with Crippen LogP contribution >= 0.6 is 0 Å². The molecule has 6 nitrogen and oxygen atoms in total. The number of fused-ring (bicyclic) bond motifs is 1. The first-order chi connectivity index (χ1) is 14.1. The second-order valence-corrected chi connectivity index (χ2v) is 8.52. The molecule has 1 aromatic heterocycles. The number of morpholine rings is 1. The van der Waals surface area contributed by atoms with Crippen molar-refractivity contribution in [3.8, 4) is 5.69 Å². The van der Waals surface area contributed by atoms with E-state index in [9.17, 15) is 4.79 Å². The van der Waals surface area contributed by atoms with Gasteiger partial charge >= 0.3 is 0 Å². The molecule has 1 N–H and O–H groups in total. The van der Waals surface area contributed by atoms with Gasteiger partial charge in [-0.25, -0.2) is 4.68 Å². The predicted octanol–water partition coefficient (Wildman–Crippen LogP) is 2.84. The fourth-order valence-corrected chi connectivity index (χ4v) is 4.55. The normalized spacial score (nSPS) is 18.0. The van der Waals surface area contributed by atoms with E-state index in [0.717, 1.165) is 63.2 Å². The second kappa shape index (κ2) is 9.09. The molecule has 1 aliphatic carbocycles. The molecule has 29 heavy (non-hydrogen) atoms. The summed E-state index contributed by atoms with van der Waals surface area (Å²) in [6.07, 6.45) is 4.07. The highest BCUT2D eigenvalue weighted by Gasteiger charge is 2.28. The lowest BCUT2D eigenvalue weighted by molar-refractivity contribution is 0.0124. The van der Waals surface area contributed by atoms with Crippen molar-refractivity contribution >= 4 is 5.91 Å². The summed E-state index contributed by atoms with van der Waals surface area (Å²) in [5, 5.41) is 7.92. The molecule has 0 unspecified atom stereocenters. The van der Waals surface area contributed by atoms with E-state index in [1.165, 1.54) is 5.69 Å². The van der Waals surface area contributed by atoms with Gasteiger partial charge in [-0.1, -0.05) is 32.0 Å². The SMILES string of the molecule is CC(C)C[C@@H](CNC(=O)c1nn(-c2ccccc2)c2c1CCC2)N1CCOCC1. The van der Waals surface area contributed by atoms with E-state index in [-0.39, 0.29) is 5.91 Å². The number of nitrogens with one attached hydrogen (secondary N) is 1. The third-order valence-corrected chi connectivity index (χ3v) is 5.95. The molecule has 2 aliphatic rings. The highest BCUT2D eigenvalue weighted by atomic mass is 16.5. The van der Waals surface area contributed by atoms with Gasteiger partial charge in [0.05, 0.1) is 18.9 Å². The first-order valence-electron chi connectivity index (χ1n) is 10.9. The van der Waals surface area contributed by atoms with Crippen LogP contribution in [0.1, 0.15) is 48.4 Å². The van der Waals surface area contributed by atoms with E-state index < -0.39 is 0 Å². The monoisotopic (exact) mass is 396 g/mol. The molecule has 1 amide bonds. The third kappa shape index (κ3) is 4.54. The van der Waals surface area contributed by atoms with Crippen LogP contribution in [-0.4, -0.2) is 59.5 Å². The molecular weight excluding hydrogens is 364 g/mol. The molecule has 6 heteroatoms. The van der Waals surface area contributed by atoms with E-state index in [1.54, 1.807) is 0 Å². The molecule has 2 aromatic rings.